The van der Waals surface area contributed by atoms with E-state index in [0.717, 1.165) is 36.4 Å². The van der Waals surface area contributed by atoms with Crippen molar-refractivity contribution in [1.82, 2.24) is 9.80 Å². The van der Waals surface area contributed by atoms with Gasteiger partial charge in [0.15, 0.2) is 0 Å². The summed E-state index contributed by atoms with van der Waals surface area (Å²) in [5.74, 6) is 0.254. The molecule has 1 saturated heterocycles. The number of nitrogens with zero attached hydrogens (tertiary/aromatic N) is 2. The number of hydrogen-bond donors (Lipinski definition) is 1. The monoisotopic (exact) mass is 387 g/mol. The third-order valence-corrected chi connectivity index (χ3v) is 5.82. The Morgan fingerprint density at radius 1 is 1.00 bits per heavy atom. The summed E-state index contributed by atoms with van der Waals surface area (Å²) in [6.45, 7) is 18.2. The molecular formula is C23H37N3O2. The molecule has 0 atom stereocenters. The van der Waals surface area contributed by atoms with E-state index in [-0.39, 0.29) is 23.7 Å². The zero-order chi connectivity index (χ0) is 21.1. The molecule has 2 rings (SSSR count). The van der Waals surface area contributed by atoms with Crippen LogP contribution in [0.5, 0.6) is 0 Å². The first kappa shape index (κ1) is 22.4. The molecule has 1 aromatic rings. The first-order valence-corrected chi connectivity index (χ1v) is 10.6. The molecule has 5 heteroatoms. The molecule has 1 aliphatic rings. The van der Waals surface area contributed by atoms with Crippen LogP contribution in [0.15, 0.2) is 18.2 Å². The van der Waals surface area contributed by atoms with Crippen LogP contribution >= 0.6 is 0 Å². The highest BCUT2D eigenvalue weighted by Gasteiger charge is 2.40. The molecule has 28 heavy (non-hydrogen) atoms. The molecule has 0 radical (unpaired) electrons. The normalized spacial score (nSPS) is 16.0. The van der Waals surface area contributed by atoms with Gasteiger partial charge in [0, 0.05) is 31.9 Å². The summed E-state index contributed by atoms with van der Waals surface area (Å²) in [4.78, 5) is 30.5. The highest BCUT2D eigenvalue weighted by molar-refractivity contribution is 6.10. The van der Waals surface area contributed by atoms with Gasteiger partial charge in [0.25, 0.3) is 0 Å². The molecule has 0 unspecified atom stereocenters. The van der Waals surface area contributed by atoms with E-state index in [2.05, 4.69) is 57.0 Å². The maximum atomic E-state index is 13.2. The van der Waals surface area contributed by atoms with Gasteiger partial charge in [-0.25, -0.2) is 0 Å². The molecule has 0 spiro atoms. The van der Waals surface area contributed by atoms with Crippen LogP contribution in [0.25, 0.3) is 0 Å². The predicted octanol–water partition coefficient (Wildman–Crippen LogP) is 4.06. The molecule has 1 aromatic carbocycles. The number of amides is 2. The van der Waals surface area contributed by atoms with Crippen LogP contribution in [0.1, 0.15) is 71.4 Å². The van der Waals surface area contributed by atoms with Crippen LogP contribution in [0, 0.1) is 5.41 Å². The number of carbonyl (C=O) groups excluding carboxylic acids is 2. The maximum absolute atomic E-state index is 13.2. The Labute approximate surface area is 170 Å². The molecule has 156 valence electrons. The van der Waals surface area contributed by atoms with Gasteiger partial charge in [-0.05, 0) is 43.4 Å². The summed E-state index contributed by atoms with van der Waals surface area (Å²) in [6, 6.07) is 6.17. The maximum Gasteiger partial charge on any atom is 0.239 e. The van der Waals surface area contributed by atoms with E-state index in [1.807, 2.05) is 11.0 Å². The molecule has 5 nitrogen and oxygen atoms in total. The van der Waals surface area contributed by atoms with Crippen molar-refractivity contribution in [2.45, 2.75) is 60.3 Å². The van der Waals surface area contributed by atoms with Crippen molar-refractivity contribution >= 4 is 17.5 Å². The first-order chi connectivity index (χ1) is 13.1. The van der Waals surface area contributed by atoms with E-state index in [1.165, 1.54) is 0 Å². The quantitative estimate of drug-likeness (QED) is 0.749. The Hall–Kier alpha value is -1.88. The van der Waals surface area contributed by atoms with E-state index < -0.39 is 5.41 Å². The van der Waals surface area contributed by atoms with Gasteiger partial charge in [0.2, 0.25) is 11.8 Å². The van der Waals surface area contributed by atoms with Gasteiger partial charge in [-0.3, -0.25) is 9.59 Å². The standard InChI is InChI=1S/C23H37N3O2/c1-8-25-12-14-26(15-13-25)22(28)23(6,7)21(27)24-20-18(16(2)3)10-9-11-19(20)17(4)5/h9-11,16-17H,8,12-15H2,1-7H3,(H,24,27). The summed E-state index contributed by atoms with van der Waals surface area (Å²) in [6.07, 6.45) is 0. The first-order valence-electron chi connectivity index (χ1n) is 10.6. The Morgan fingerprint density at radius 3 is 1.93 bits per heavy atom. The summed E-state index contributed by atoms with van der Waals surface area (Å²) >= 11 is 0. The molecule has 1 aliphatic heterocycles. The number of benzene rings is 1. The summed E-state index contributed by atoms with van der Waals surface area (Å²) in [7, 11) is 0. The van der Waals surface area contributed by atoms with Crippen molar-refractivity contribution in [2.75, 3.05) is 38.0 Å². The topological polar surface area (TPSA) is 52.7 Å². The van der Waals surface area contributed by atoms with E-state index in [4.69, 9.17) is 0 Å². The molecule has 1 fully saturated rings. The molecule has 1 N–H and O–H groups in total. The fourth-order valence-corrected chi connectivity index (χ4v) is 3.72. The highest BCUT2D eigenvalue weighted by Crippen LogP contribution is 2.34. The zero-order valence-corrected chi connectivity index (χ0v) is 18.6. The van der Waals surface area contributed by atoms with Crippen molar-refractivity contribution < 1.29 is 9.59 Å². The van der Waals surface area contributed by atoms with Gasteiger partial charge < -0.3 is 15.1 Å². The fourth-order valence-electron chi connectivity index (χ4n) is 3.72. The number of likely N-dealkylation sites (N-methyl/N-ethyl adjacent to an activating group) is 1. The molecule has 0 bridgehead atoms. The number of carbonyl (C=O) groups is 2. The van der Waals surface area contributed by atoms with Crippen LogP contribution in [-0.4, -0.2) is 54.3 Å². The lowest BCUT2D eigenvalue weighted by atomic mass is 9.88. The Bertz CT molecular complexity index is 676. The third-order valence-electron chi connectivity index (χ3n) is 5.82. The second kappa shape index (κ2) is 9.08. The number of rotatable bonds is 6. The van der Waals surface area contributed by atoms with E-state index in [0.29, 0.717) is 13.1 Å². The van der Waals surface area contributed by atoms with Crippen molar-refractivity contribution in [2.24, 2.45) is 5.41 Å². The zero-order valence-electron chi connectivity index (χ0n) is 18.6. The van der Waals surface area contributed by atoms with Gasteiger partial charge in [-0.1, -0.05) is 52.8 Å². The van der Waals surface area contributed by atoms with Crippen LogP contribution in [0.4, 0.5) is 5.69 Å². The fraction of sp³-hybridized carbons (Fsp3) is 0.652. The molecular weight excluding hydrogens is 350 g/mol. The Balaban J connectivity index is 2.23. The summed E-state index contributed by atoms with van der Waals surface area (Å²) in [5, 5.41) is 3.13. The lowest BCUT2D eigenvalue weighted by Gasteiger charge is -2.38. The minimum Gasteiger partial charge on any atom is -0.339 e. The second-order valence-corrected chi connectivity index (χ2v) is 8.93. The smallest absolute Gasteiger partial charge is 0.239 e. The molecule has 0 saturated carbocycles. The van der Waals surface area contributed by atoms with Gasteiger partial charge in [-0.15, -0.1) is 0 Å². The van der Waals surface area contributed by atoms with Crippen molar-refractivity contribution in [3.05, 3.63) is 29.3 Å². The largest absolute Gasteiger partial charge is 0.339 e. The van der Waals surface area contributed by atoms with Gasteiger partial charge in [0.05, 0.1) is 0 Å². The highest BCUT2D eigenvalue weighted by atomic mass is 16.2. The SMILES string of the molecule is CCN1CCN(C(=O)C(C)(C)C(=O)Nc2c(C(C)C)cccc2C(C)C)CC1. The average molecular weight is 388 g/mol. The Kier molecular flexibility index (Phi) is 7.27. The minimum atomic E-state index is -1.10. The van der Waals surface area contributed by atoms with Crippen molar-refractivity contribution in [1.29, 1.82) is 0 Å². The van der Waals surface area contributed by atoms with Crippen LogP contribution in [0.2, 0.25) is 0 Å². The number of hydrogen-bond acceptors (Lipinski definition) is 3. The van der Waals surface area contributed by atoms with Crippen LogP contribution in [-0.2, 0) is 9.59 Å². The van der Waals surface area contributed by atoms with E-state index in [1.54, 1.807) is 13.8 Å². The number of anilines is 1. The molecule has 1 heterocycles. The second-order valence-electron chi connectivity index (χ2n) is 8.93. The summed E-state index contributed by atoms with van der Waals surface area (Å²) in [5.41, 5.74) is 1.99. The molecule has 0 aliphatic carbocycles. The van der Waals surface area contributed by atoms with Gasteiger partial charge in [0.1, 0.15) is 5.41 Å². The van der Waals surface area contributed by atoms with Gasteiger partial charge in [-0.2, -0.15) is 0 Å². The van der Waals surface area contributed by atoms with E-state index in [9.17, 15) is 9.59 Å². The van der Waals surface area contributed by atoms with Crippen LogP contribution < -0.4 is 5.32 Å². The average Bonchev–Trinajstić information content (AvgIpc) is 2.67. The van der Waals surface area contributed by atoms with E-state index >= 15 is 0 Å². The van der Waals surface area contributed by atoms with Crippen molar-refractivity contribution in [3.8, 4) is 0 Å². The summed E-state index contributed by atoms with van der Waals surface area (Å²) < 4.78 is 0. The molecule has 2 amide bonds. The number of para-hydroxylation sites is 1. The lowest BCUT2D eigenvalue weighted by molar-refractivity contribution is -0.147. The number of nitrogens with one attached hydrogen (secondary N) is 1. The van der Waals surface area contributed by atoms with Gasteiger partial charge >= 0.3 is 0 Å². The van der Waals surface area contributed by atoms with Crippen LogP contribution in [0.3, 0.4) is 0 Å². The molecule has 0 aromatic heterocycles. The third kappa shape index (κ3) is 4.75. The predicted molar refractivity (Wildman–Crippen MR) is 116 cm³/mol. The minimum absolute atomic E-state index is 0.0890. The number of piperazine rings is 1. The Morgan fingerprint density at radius 2 is 1.50 bits per heavy atom. The lowest BCUT2D eigenvalue weighted by Crippen LogP contribution is -2.54. The van der Waals surface area contributed by atoms with Crippen molar-refractivity contribution in [3.63, 3.8) is 0 Å².